The van der Waals surface area contributed by atoms with Crippen LogP contribution < -0.4 is 4.18 Å². The summed E-state index contributed by atoms with van der Waals surface area (Å²) in [6, 6.07) is 13.1. The highest BCUT2D eigenvalue weighted by Gasteiger charge is 2.19. The Bertz CT molecular complexity index is 835. The van der Waals surface area contributed by atoms with Crippen LogP contribution in [0.2, 0.25) is 0 Å². The van der Waals surface area contributed by atoms with Gasteiger partial charge >= 0.3 is 10.1 Å². The summed E-state index contributed by atoms with van der Waals surface area (Å²) in [5.41, 5.74) is 2.69. The highest BCUT2D eigenvalue weighted by Crippen LogP contribution is 2.27. The topological polar surface area (TPSA) is 67.2 Å². The number of nitriles is 1. The van der Waals surface area contributed by atoms with E-state index in [4.69, 9.17) is 9.44 Å². The largest absolute Gasteiger partial charge is 0.379 e. The molecule has 4 nitrogen and oxygen atoms in total. The lowest BCUT2D eigenvalue weighted by Crippen LogP contribution is -2.10. The smallest absolute Gasteiger partial charge is 0.339 e. The second-order valence-corrected chi connectivity index (χ2v) is 6.51. The van der Waals surface area contributed by atoms with E-state index < -0.39 is 10.1 Å². The third kappa shape index (κ3) is 2.76. The molecule has 0 aromatic heterocycles. The molecule has 0 unspecified atom stereocenters. The number of hydrogen-bond acceptors (Lipinski definition) is 4. The first-order valence-corrected chi connectivity index (χ1v) is 8.06. The molecule has 0 heterocycles. The van der Waals surface area contributed by atoms with Gasteiger partial charge in [-0.25, -0.2) is 0 Å². The molecule has 0 atom stereocenters. The van der Waals surface area contributed by atoms with Gasteiger partial charge in [0.1, 0.15) is 10.6 Å². The Morgan fingerprint density at radius 3 is 2.67 bits per heavy atom. The zero-order chi connectivity index (χ0) is 14.9. The molecular formula is C16H13NO3S. The number of fused-ring (bicyclic) bond motifs is 1. The Morgan fingerprint density at radius 2 is 1.86 bits per heavy atom. The fourth-order valence-corrected chi connectivity index (χ4v) is 3.47. The SMILES string of the molecule is N#Cc1cccc(S(=O)(=O)Oc2ccc3c(c2)CCC3)c1. The molecule has 2 aromatic rings. The summed E-state index contributed by atoms with van der Waals surface area (Å²) in [4.78, 5) is -0.0120. The maximum atomic E-state index is 12.2. The lowest BCUT2D eigenvalue weighted by atomic mass is 10.1. The van der Waals surface area contributed by atoms with E-state index in [-0.39, 0.29) is 10.5 Å². The van der Waals surface area contributed by atoms with Crippen LogP contribution in [0, 0.1) is 11.3 Å². The van der Waals surface area contributed by atoms with Gasteiger partial charge < -0.3 is 4.18 Å². The van der Waals surface area contributed by atoms with Crippen molar-refractivity contribution in [3.05, 3.63) is 59.2 Å². The van der Waals surface area contributed by atoms with Crippen molar-refractivity contribution in [1.82, 2.24) is 0 Å². The van der Waals surface area contributed by atoms with Crippen LogP contribution in [-0.2, 0) is 23.0 Å². The number of aryl methyl sites for hydroxylation is 2. The zero-order valence-electron chi connectivity index (χ0n) is 11.2. The van der Waals surface area contributed by atoms with E-state index in [1.807, 2.05) is 12.1 Å². The van der Waals surface area contributed by atoms with Gasteiger partial charge in [0, 0.05) is 0 Å². The van der Waals surface area contributed by atoms with Crippen LogP contribution in [0.4, 0.5) is 0 Å². The first-order chi connectivity index (χ1) is 10.1. The molecule has 3 rings (SSSR count). The predicted molar refractivity (Wildman–Crippen MR) is 77.4 cm³/mol. The molecule has 2 aromatic carbocycles. The molecule has 0 saturated carbocycles. The monoisotopic (exact) mass is 299 g/mol. The molecule has 0 N–H and O–H groups in total. The first-order valence-electron chi connectivity index (χ1n) is 6.65. The van der Waals surface area contributed by atoms with Gasteiger partial charge in [-0.15, -0.1) is 0 Å². The third-order valence-corrected chi connectivity index (χ3v) is 4.77. The minimum atomic E-state index is -3.91. The molecule has 0 saturated heterocycles. The van der Waals surface area contributed by atoms with E-state index in [0.717, 1.165) is 24.8 Å². The highest BCUT2D eigenvalue weighted by atomic mass is 32.2. The first kappa shape index (κ1) is 13.7. The molecule has 106 valence electrons. The van der Waals surface area contributed by atoms with Crippen molar-refractivity contribution in [3.8, 4) is 11.8 Å². The van der Waals surface area contributed by atoms with Crippen LogP contribution in [-0.4, -0.2) is 8.42 Å². The maximum Gasteiger partial charge on any atom is 0.339 e. The lowest BCUT2D eigenvalue weighted by Gasteiger charge is -2.08. The van der Waals surface area contributed by atoms with E-state index in [9.17, 15) is 8.42 Å². The van der Waals surface area contributed by atoms with Crippen LogP contribution in [0.15, 0.2) is 47.4 Å². The molecule has 1 aliphatic rings. The summed E-state index contributed by atoms with van der Waals surface area (Å²) < 4.78 is 29.7. The fraction of sp³-hybridized carbons (Fsp3) is 0.188. The number of rotatable bonds is 3. The van der Waals surface area contributed by atoms with Crippen LogP contribution >= 0.6 is 0 Å². The van der Waals surface area contributed by atoms with Gasteiger partial charge in [0.05, 0.1) is 11.6 Å². The van der Waals surface area contributed by atoms with Crippen LogP contribution in [0.3, 0.4) is 0 Å². The molecule has 21 heavy (non-hydrogen) atoms. The second-order valence-electron chi connectivity index (χ2n) is 4.96. The molecular weight excluding hydrogens is 286 g/mol. The summed E-state index contributed by atoms with van der Waals surface area (Å²) >= 11 is 0. The van der Waals surface area contributed by atoms with Crippen LogP contribution in [0.5, 0.6) is 5.75 Å². The Balaban J connectivity index is 1.91. The van der Waals surface area contributed by atoms with Gasteiger partial charge in [-0.2, -0.15) is 13.7 Å². The average Bonchev–Trinajstić information content (AvgIpc) is 2.94. The minimum Gasteiger partial charge on any atom is -0.379 e. The second kappa shape index (κ2) is 5.23. The van der Waals surface area contributed by atoms with Crippen molar-refractivity contribution in [1.29, 1.82) is 5.26 Å². The Hall–Kier alpha value is -2.32. The van der Waals surface area contributed by atoms with Crippen LogP contribution in [0.25, 0.3) is 0 Å². The predicted octanol–water partition coefficient (Wildman–Crippen LogP) is 2.81. The van der Waals surface area contributed by atoms with Crippen molar-refractivity contribution in [3.63, 3.8) is 0 Å². The van der Waals surface area contributed by atoms with Crippen LogP contribution in [0.1, 0.15) is 23.1 Å². The van der Waals surface area contributed by atoms with Crippen molar-refractivity contribution in [2.24, 2.45) is 0 Å². The minimum absolute atomic E-state index is 0.0120. The van der Waals surface area contributed by atoms with E-state index in [0.29, 0.717) is 5.75 Å². The van der Waals surface area contributed by atoms with Gasteiger partial charge in [0.25, 0.3) is 0 Å². The molecule has 0 aliphatic heterocycles. The van der Waals surface area contributed by atoms with Gasteiger partial charge in [-0.05, 0) is 60.7 Å². The van der Waals surface area contributed by atoms with Crippen molar-refractivity contribution in [2.45, 2.75) is 24.2 Å². The molecule has 0 radical (unpaired) electrons. The normalized spacial score (nSPS) is 13.5. The standard InChI is InChI=1S/C16H13NO3S/c17-11-12-3-1-6-16(9-12)21(18,19)20-15-8-7-13-4-2-5-14(13)10-15/h1,3,6-10H,2,4-5H2. The third-order valence-electron chi connectivity index (χ3n) is 3.53. The summed E-state index contributed by atoms with van der Waals surface area (Å²) in [6.45, 7) is 0. The lowest BCUT2D eigenvalue weighted by molar-refractivity contribution is 0.486. The number of hydrogen-bond donors (Lipinski definition) is 0. The molecule has 0 amide bonds. The summed E-state index contributed by atoms with van der Waals surface area (Å²) in [6.07, 6.45) is 3.08. The van der Waals surface area contributed by atoms with Gasteiger partial charge in [0.2, 0.25) is 0 Å². The Morgan fingerprint density at radius 1 is 1.05 bits per heavy atom. The highest BCUT2D eigenvalue weighted by molar-refractivity contribution is 7.87. The number of benzene rings is 2. The zero-order valence-corrected chi connectivity index (χ0v) is 12.1. The Kier molecular flexibility index (Phi) is 3.40. The van der Waals surface area contributed by atoms with Gasteiger partial charge in [-0.1, -0.05) is 12.1 Å². The number of nitrogens with zero attached hydrogens (tertiary/aromatic N) is 1. The van der Waals surface area contributed by atoms with E-state index in [1.165, 1.54) is 23.8 Å². The van der Waals surface area contributed by atoms with E-state index in [1.54, 1.807) is 18.2 Å². The molecule has 0 spiro atoms. The molecule has 1 aliphatic carbocycles. The summed E-state index contributed by atoms with van der Waals surface area (Å²) in [5, 5.41) is 8.84. The Labute approximate surface area is 123 Å². The van der Waals surface area contributed by atoms with Gasteiger partial charge in [0.15, 0.2) is 0 Å². The van der Waals surface area contributed by atoms with Crippen molar-refractivity contribution in [2.75, 3.05) is 0 Å². The van der Waals surface area contributed by atoms with E-state index >= 15 is 0 Å². The summed E-state index contributed by atoms with van der Waals surface area (Å²) in [7, 11) is -3.91. The van der Waals surface area contributed by atoms with Crippen molar-refractivity contribution < 1.29 is 12.6 Å². The maximum absolute atomic E-state index is 12.2. The fourth-order valence-electron chi connectivity index (χ4n) is 2.50. The van der Waals surface area contributed by atoms with E-state index in [2.05, 4.69) is 0 Å². The molecule has 0 fully saturated rings. The van der Waals surface area contributed by atoms with Gasteiger partial charge in [-0.3, -0.25) is 0 Å². The summed E-state index contributed by atoms with van der Waals surface area (Å²) in [5.74, 6) is 0.318. The molecule has 5 heteroatoms. The average molecular weight is 299 g/mol. The molecule has 0 bridgehead atoms. The quantitative estimate of drug-likeness (QED) is 0.817. The van der Waals surface area contributed by atoms with Crippen molar-refractivity contribution >= 4 is 10.1 Å².